The Hall–Kier alpha value is -3.27. The van der Waals surface area contributed by atoms with Crippen LogP contribution in [0.5, 0.6) is 11.5 Å². The van der Waals surface area contributed by atoms with E-state index in [2.05, 4.69) is 24.3 Å². The van der Waals surface area contributed by atoms with E-state index < -0.39 is 0 Å². The number of carbonyl (C=O) groups is 1. The van der Waals surface area contributed by atoms with Crippen LogP contribution in [0.25, 0.3) is 0 Å². The zero-order valence-electron chi connectivity index (χ0n) is 16.2. The number of amides is 1. The van der Waals surface area contributed by atoms with Crippen molar-refractivity contribution in [1.82, 2.24) is 4.90 Å². The molecule has 1 amide bonds. The van der Waals surface area contributed by atoms with Gasteiger partial charge in [-0.15, -0.1) is 0 Å². The molecule has 0 atom stereocenters. The van der Waals surface area contributed by atoms with Crippen LogP contribution >= 0.6 is 0 Å². The predicted octanol–water partition coefficient (Wildman–Crippen LogP) is 4.71. The molecule has 3 rings (SSSR count). The maximum atomic E-state index is 13.1. The third kappa shape index (κ3) is 4.71. The minimum atomic E-state index is -0.159. The lowest BCUT2D eigenvalue weighted by atomic mass is 9.97. The van der Waals surface area contributed by atoms with Crippen molar-refractivity contribution < 1.29 is 14.3 Å². The smallest absolute Gasteiger partial charge is 0.261 e. The Morgan fingerprint density at radius 1 is 0.857 bits per heavy atom. The van der Waals surface area contributed by atoms with Gasteiger partial charge in [-0.2, -0.15) is 0 Å². The second-order valence-electron chi connectivity index (χ2n) is 6.37. The van der Waals surface area contributed by atoms with Crippen molar-refractivity contribution in [3.05, 3.63) is 96.1 Å². The van der Waals surface area contributed by atoms with Gasteiger partial charge >= 0.3 is 0 Å². The molecule has 0 heterocycles. The van der Waals surface area contributed by atoms with Crippen LogP contribution in [0, 0.1) is 0 Å². The van der Waals surface area contributed by atoms with Gasteiger partial charge in [0.1, 0.15) is 11.5 Å². The standard InChI is InChI=1S/C24H25NO3/c1-3-25(23(26)18-28-22-16-10-15-21(17-22)27-2)24(19-11-6-4-7-12-19)20-13-8-5-9-14-20/h4-17,24H,3,18H2,1-2H3. The molecule has 4 heteroatoms. The maximum absolute atomic E-state index is 13.1. The van der Waals surface area contributed by atoms with E-state index in [1.807, 2.05) is 66.4 Å². The van der Waals surface area contributed by atoms with E-state index in [1.54, 1.807) is 13.2 Å². The minimum Gasteiger partial charge on any atom is -0.497 e. The fraction of sp³-hybridized carbons (Fsp3) is 0.208. The van der Waals surface area contributed by atoms with Crippen molar-refractivity contribution in [3.8, 4) is 11.5 Å². The summed E-state index contributed by atoms with van der Waals surface area (Å²) in [6.07, 6.45) is 0. The normalized spacial score (nSPS) is 10.5. The molecule has 3 aromatic carbocycles. The molecule has 0 aliphatic rings. The molecule has 0 N–H and O–H groups in total. The molecule has 0 spiro atoms. The van der Waals surface area contributed by atoms with Crippen LogP contribution in [0.4, 0.5) is 0 Å². The highest BCUT2D eigenvalue weighted by atomic mass is 16.5. The molecule has 0 bridgehead atoms. The van der Waals surface area contributed by atoms with E-state index in [-0.39, 0.29) is 18.6 Å². The van der Waals surface area contributed by atoms with Crippen molar-refractivity contribution in [2.45, 2.75) is 13.0 Å². The van der Waals surface area contributed by atoms with Gasteiger partial charge in [0.25, 0.3) is 5.91 Å². The van der Waals surface area contributed by atoms with Crippen molar-refractivity contribution in [3.63, 3.8) is 0 Å². The largest absolute Gasteiger partial charge is 0.497 e. The number of likely N-dealkylation sites (N-methyl/N-ethyl adjacent to an activating group) is 1. The molecular weight excluding hydrogens is 350 g/mol. The van der Waals surface area contributed by atoms with Crippen LogP contribution in [0.1, 0.15) is 24.1 Å². The number of methoxy groups -OCH3 is 1. The fourth-order valence-corrected chi connectivity index (χ4v) is 3.24. The molecule has 144 valence electrons. The first-order valence-corrected chi connectivity index (χ1v) is 9.39. The van der Waals surface area contributed by atoms with Crippen LogP contribution in [-0.2, 0) is 4.79 Å². The molecule has 0 aromatic heterocycles. The molecule has 0 fully saturated rings. The van der Waals surface area contributed by atoms with Crippen molar-refractivity contribution in [2.75, 3.05) is 20.3 Å². The van der Waals surface area contributed by atoms with E-state index in [0.29, 0.717) is 18.0 Å². The third-order valence-electron chi connectivity index (χ3n) is 4.61. The number of benzene rings is 3. The van der Waals surface area contributed by atoms with Gasteiger partial charge in [0.2, 0.25) is 0 Å². The molecule has 28 heavy (non-hydrogen) atoms. The fourth-order valence-electron chi connectivity index (χ4n) is 3.24. The van der Waals surface area contributed by atoms with Gasteiger partial charge in [0, 0.05) is 12.6 Å². The van der Waals surface area contributed by atoms with Crippen LogP contribution < -0.4 is 9.47 Å². The number of carbonyl (C=O) groups excluding carboxylic acids is 1. The minimum absolute atomic E-state index is 0.0306. The summed E-state index contributed by atoms with van der Waals surface area (Å²) in [5.41, 5.74) is 2.15. The number of ether oxygens (including phenoxy) is 2. The van der Waals surface area contributed by atoms with Gasteiger partial charge in [-0.05, 0) is 30.2 Å². The maximum Gasteiger partial charge on any atom is 0.261 e. The van der Waals surface area contributed by atoms with Crippen molar-refractivity contribution in [1.29, 1.82) is 0 Å². The van der Waals surface area contributed by atoms with Crippen LogP contribution in [-0.4, -0.2) is 31.1 Å². The molecule has 0 saturated carbocycles. The Morgan fingerprint density at radius 3 is 1.96 bits per heavy atom. The summed E-state index contributed by atoms with van der Waals surface area (Å²) in [5, 5.41) is 0. The van der Waals surface area contributed by atoms with Crippen LogP contribution in [0.2, 0.25) is 0 Å². The summed E-state index contributed by atoms with van der Waals surface area (Å²) >= 11 is 0. The summed E-state index contributed by atoms with van der Waals surface area (Å²) in [5.74, 6) is 1.24. The quantitative estimate of drug-likeness (QED) is 0.572. The number of nitrogens with zero attached hydrogens (tertiary/aromatic N) is 1. The second kappa shape index (κ2) is 9.60. The molecule has 0 aliphatic heterocycles. The Labute approximate surface area is 166 Å². The van der Waals surface area contributed by atoms with Crippen LogP contribution in [0.3, 0.4) is 0 Å². The first-order valence-electron chi connectivity index (χ1n) is 9.39. The molecule has 3 aromatic rings. The molecule has 0 aliphatic carbocycles. The monoisotopic (exact) mass is 375 g/mol. The van der Waals surface area contributed by atoms with Gasteiger partial charge in [-0.1, -0.05) is 66.7 Å². The summed E-state index contributed by atoms with van der Waals surface area (Å²) < 4.78 is 11.0. The second-order valence-corrected chi connectivity index (χ2v) is 6.37. The Morgan fingerprint density at radius 2 is 1.43 bits per heavy atom. The third-order valence-corrected chi connectivity index (χ3v) is 4.61. The Bertz CT molecular complexity index is 841. The lowest BCUT2D eigenvalue weighted by Gasteiger charge is -2.31. The predicted molar refractivity (Wildman–Crippen MR) is 111 cm³/mol. The topological polar surface area (TPSA) is 38.8 Å². The van der Waals surface area contributed by atoms with E-state index >= 15 is 0 Å². The van der Waals surface area contributed by atoms with Gasteiger partial charge in [-0.25, -0.2) is 0 Å². The number of rotatable bonds is 8. The van der Waals surface area contributed by atoms with Crippen molar-refractivity contribution in [2.24, 2.45) is 0 Å². The Balaban J connectivity index is 1.82. The summed E-state index contributed by atoms with van der Waals surface area (Å²) in [6, 6.07) is 27.3. The Kier molecular flexibility index (Phi) is 6.68. The van der Waals surface area contributed by atoms with Gasteiger partial charge in [0.15, 0.2) is 6.61 Å². The summed E-state index contributed by atoms with van der Waals surface area (Å²) in [7, 11) is 1.60. The highest BCUT2D eigenvalue weighted by Crippen LogP contribution is 2.29. The van der Waals surface area contributed by atoms with Crippen molar-refractivity contribution >= 4 is 5.91 Å². The molecule has 0 radical (unpaired) electrons. The van der Waals surface area contributed by atoms with E-state index in [1.165, 1.54) is 0 Å². The molecule has 0 unspecified atom stereocenters. The highest BCUT2D eigenvalue weighted by molar-refractivity contribution is 5.78. The first-order chi connectivity index (χ1) is 13.7. The van der Waals surface area contributed by atoms with E-state index in [0.717, 1.165) is 11.1 Å². The zero-order valence-corrected chi connectivity index (χ0v) is 16.2. The molecular formula is C24H25NO3. The zero-order chi connectivity index (χ0) is 19.8. The SMILES string of the molecule is CCN(C(=O)COc1cccc(OC)c1)C(c1ccccc1)c1ccccc1. The lowest BCUT2D eigenvalue weighted by Crippen LogP contribution is -2.38. The van der Waals surface area contributed by atoms with Gasteiger partial charge < -0.3 is 14.4 Å². The van der Waals surface area contributed by atoms with Crippen LogP contribution in [0.15, 0.2) is 84.9 Å². The van der Waals surface area contributed by atoms with Gasteiger partial charge in [0.05, 0.1) is 13.2 Å². The molecule has 0 saturated heterocycles. The number of hydrogen-bond donors (Lipinski definition) is 0. The molecule has 4 nitrogen and oxygen atoms in total. The lowest BCUT2D eigenvalue weighted by molar-refractivity contribution is -0.134. The average molecular weight is 375 g/mol. The van der Waals surface area contributed by atoms with Gasteiger partial charge in [-0.3, -0.25) is 4.79 Å². The average Bonchev–Trinajstić information content (AvgIpc) is 2.77. The summed E-state index contributed by atoms with van der Waals surface area (Å²) in [4.78, 5) is 14.9. The first kappa shape index (κ1) is 19.5. The number of hydrogen-bond acceptors (Lipinski definition) is 3. The highest BCUT2D eigenvalue weighted by Gasteiger charge is 2.25. The van der Waals surface area contributed by atoms with E-state index in [9.17, 15) is 4.79 Å². The van der Waals surface area contributed by atoms with E-state index in [4.69, 9.17) is 9.47 Å². The summed E-state index contributed by atoms with van der Waals surface area (Å²) in [6.45, 7) is 2.54.